The first-order chi connectivity index (χ1) is 8.65. The second kappa shape index (κ2) is 7.73. The molecule has 0 saturated carbocycles. The minimum absolute atomic E-state index is 0. The van der Waals surface area contributed by atoms with Crippen molar-refractivity contribution in [3.8, 4) is 0 Å². The SMILES string of the molecule is Cc1cc(Cl)ccc1NC(=O)CC1CCNCC1.Cl. The average molecular weight is 303 g/mol. The number of anilines is 1. The van der Waals surface area contributed by atoms with Crippen molar-refractivity contribution >= 4 is 35.6 Å². The van der Waals surface area contributed by atoms with E-state index in [1.54, 1.807) is 6.07 Å². The van der Waals surface area contributed by atoms with Gasteiger partial charge in [-0.3, -0.25) is 4.79 Å². The Morgan fingerprint density at radius 1 is 1.42 bits per heavy atom. The Balaban J connectivity index is 0.00000180. The number of piperidine rings is 1. The van der Waals surface area contributed by atoms with Crippen LogP contribution >= 0.6 is 24.0 Å². The van der Waals surface area contributed by atoms with Gasteiger partial charge in [-0.25, -0.2) is 0 Å². The van der Waals surface area contributed by atoms with Crippen molar-refractivity contribution in [1.29, 1.82) is 0 Å². The monoisotopic (exact) mass is 302 g/mol. The van der Waals surface area contributed by atoms with Crippen molar-refractivity contribution in [2.24, 2.45) is 5.92 Å². The van der Waals surface area contributed by atoms with E-state index >= 15 is 0 Å². The Labute approximate surface area is 125 Å². The Morgan fingerprint density at radius 3 is 2.74 bits per heavy atom. The Hall–Kier alpha value is -0.770. The van der Waals surface area contributed by atoms with E-state index in [4.69, 9.17) is 11.6 Å². The minimum Gasteiger partial charge on any atom is -0.326 e. The summed E-state index contributed by atoms with van der Waals surface area (Å²) in [4.78, 5) is 12.0. The van der Waals surface area contributed by atoms with Gasteiger partial charge in [0.05, 0.1) is 0 Å². The number of amides is 1. The molecule has 3 nitrogen and oxygen atoms in total. The van der Waals surface area contributed by atoms with E-state index in [1.807, 2.05) is 19.1 Å². The summed E-state index contributed by atoms with van der Waals surface area (Å²) in [7, 11) is 0. The number of benzene rings is 1. The van der Waals surface area contributed by atoms with Crippen LogP contribution in [-0.4, -0.2) is 19.0 Å². The van der Waals surface area contributed by atoms with Gasteiger partial charge in [-0.05, 0) is 62.5 Å². The quantitative estimate of drug-likeness (QED) is 0.898. The summed E-state index contributed by atoms with van der Waals surface area (Å²) in [5.74, 6) is 0.617. The van der Waals surface area contributed by atoms with Crippen LogP contribution in [0.3, 0.4) is 0 Å². The minimum atomic E-state index is 0. The molecule has 0 atom stereocenters. The van der Waals surface area contributed by atoms with Gasteiger partial charge in [0.1, 0.15) is 0 Å². The van der Waals surface area contributed by atoms with E-state index in [1.165, 1.54) is 0 Å². The molecular weight excluding hydrogens is 283 g/mol. The van der Waals surface area contributed by atoms with Crippen LogP contribution in [0.15, 0.2) is 18.2 Å². The third-order valence-electron chi connectivity index (χ3n) is 3.40. The zero-order valence-electron chi connectivity index (χ0n) is 11.0. The molecule has 0 unspecified atom stereocenters. The molecule has 0 bridgehead atoms. The molecule has 2 N–H and O–H groups in total. The van der Waals surface area contributed by atoms with Crippen molar-refractivity contribution in [1.82, 2.24) is 5.32 Å². The number of hydrogen-bond acceptors (Lipinski definition) is 2. The van der Waals surface area contributed by atoms with Gasteiger partial charge in [0.2, 0.25) is 5.91 Å². The summed E-state index contributed by atoms with van der Waals surface area (Å²) >= 11 is 5.89. The van der Waals surface area contributed by atoms with Gasteiger partial charge in [-0.1, -0.05) is 11.6 Å². The zero-order chi connectivity index (χ0) is 13.0. The van der Waals surface area contributed by atoms with Crippen LogP contribution in [0, 0.1) is 12.8 Å². The Kier molecular flexibility index (Phi) is 6.63. The van der Waals surface area contributed by atoms with E-state index in [2.05, 4.69) is 10.6 Å². The topological polar surface area (TPSA) is 41.1 Å². The van der Waals surface area contributed by atoms with Crippen LogP contribution in [0.5, 0.6) is 0 Å². The number of hydrogen-bond donors (Lipinski definition) is 2. The Bertz CT molecular complexity index is 431. The second-order valence-corrected chi connectivity index (χ2v) is 5.34. The number of carbonyl (C=O) groups is 1. The molecule has 5 heteroatoms. The molecule has 106 valence electrons. The number of carbonyl (C=O) groups excluding carboxylic acids is 1. The summed E-state index contributed by atoms with van der Waals surface area (Å²) in [5, 5.41) is 6.97. The van der Waals surface area contributed by atoms with Gasteiger partial charge in [-0.15, -0.1) is 12.4 Å². The summed E-state index contributed by atoms with van der Waals surface area (Å²) in [6.07, 6.45) is 2.80. The first-order valence-corrected chi connectivity index (χ1v) is 6.79. The smallest absolute Gasteiger partial charge is 0.224 e. The summed E-state index contributed by atoms with van der Waals surface area (Å²) in [5.41, 5.74) is 1.86. The van der Waals surface area contributed by atoms with Crippen LogP contribution in [0.4, 0.5) is 5.69 Å². The molecule has 0 aliphatic carbocycles. The molecule has 1 fully saturated rings. The van der Waals surface area contributed by atoms with Crippen molar-refractivity contribution in [2.45, 2.75) is 26.2 Å². The molecule has 1 aliphatic rings. The third-order valence-corrected chi connectivity index (χ3v) is 3.63. The number of nitrogens with one attached hydrogen (secondary N) is 2. The zero-order valence-corrected chi connectivity index (χ0v) is 12.6. The maximum atomic E-state index is 12.0. The van der Waals surface area contributed by atoms with Gasteiger partial charge >= 0.3 is 0 Å². The predicted molar refractivity (Wildman–Crippen MR) is 82.3 cm³/mol. The molecule has 0 radical (unpaired) electrons. The molecule has 1 amide bonds. The molecule has 0 spiro atoms. The molecule has 19 heavy (non-hydrogen) atoms. The van der Waals surface area contributed by atoms with Gasteiger partial charge in [0.25, 0.3) is 0 Å². The fraction of sp³-hybridized carbons (Fsp3) is 0.500. The Morgan fingerprint density at radius 2 is 2.11 bits per heavy atom. The average Bonchev–Trinajstić information content (AvgIpc) is 2.34. The fourth-order valence-corrected chi connectivity index (χ4v) is 2.54. The highest BCUT2D eigenvalue weighted by molar-refractivity contribution is 6.30. The molecule has 1 aromatic rings. The van der Waals surface area contributed by atoms with E-state index in [0.717, 1.165) is 37.2 Å². The maximum Gasteiger partial charge on any atom is 0.224 e. The van der Waals surface area contributed by atoms with Crippen molar-refractivity contribution in [3.63, 3.8) is 0 Å². The highest BCUT2D eigenvalue weighted by Crippen LogP contribution is 2.21. The van der Waals surface area contributed by atoms with Crippen LogP contribution in [0.2, 0.25) is 5.02 Å². The standard InChI is InChI=1S/C14H19ClN2O.ClH/c1-10-8-12(15)2-3-13(10)17-14(18)9-11-4-6-16-7-5-11;/h2-3,8,11,16H,4-7,9H2,1H3,(H,17,18);1H. The largest absolute Gasteiger partial charge is 0.326 e. The lowest BCUT2D eigenvalue weighted by atomic mass is 9.94. The molecule has 2 rings (SSSR count). The predicted octanol–water partition coefficient (Wildman–Crippen LogP) is 3.40. The van der Waals surface area contributed by atoms with E-state index in [0.29, 0.717) is 17.4 Å². The van der Waals surface area contributed by atoms with Crippen LogP contribution in [-0.2, 0) is 4.79 Å². The first kappa shape index (κ1) is 16.3. The van der Waals surface area contributed by atoms with Gasteiger partial charge in [-0.2, -0.15) is 0 Å². The van der Waals surface area contributed by atoms with Crippen LogP contribution in [0.1, 0.15) is 24.8 Å². The van der Waals surface area contributed by atoms with Crippen molar-refractivity contribution in [3.05, 3.63) is 28.8 Å². The van der Waals surface area contributed by atoms with Crippen LogP contribution in [0.25, 0.3) is 0 Å². The van der Waals surface area contributed by atoms with Gasteiger partial charge in [0.15, 0.2) is 0 Å². The summed E-state index contributed by atoms with van der Waals surface area (Å²) < 4.78 is 0. The van der Waals surface area contributed by atoms with E-state index in [-0.39, 0.29) is 18.3 Å². The summed E-state index contributed by atoms with van der Waals surface area (Å²) in [6.45, 7) is 4.00. The highest BCUT2D eigenvalue weighted by Gasteiger charge is 2.17. The van der Waals surface area contributed by atoms with E-state index < -0.39 is 0 Å². The van der Waals surface area contributed by atoms with Crippen molar-refractivity contribution < 1.29 is 4.79 Å². The number of aryl methyl sites for hydroxylation is 1. The molecule has 0 aromatic heterocycles. The third kappa shape index (κ3) is 5.01. The molecule has 1 saturated heterocycles. The van der Waals surface area contributed by atoms with Gasteiger partial charge in [0, 0.05) is 17.1 Å². The second-order valence-electron chi connectivity index (χ2n) is 4.90. The summed E-state index contributed by atoms with van der Waals surface area (Å²) in [6, 6.07) is 5.52. The molecule has 1 aromatic carbocycles. The van der Waals surface area contributed by atoms with Gasteiger partial charge < -0.3 is 10.6 Å². The lowest BCUT2D eigenvalue weighted by Crippen LogP contribution is -2.30. The number of halogens is 2. The van der Waals surface area contributed by atoms with E-state index in [9.17, 15) is 4.79 Å². The lowest BCUT2D eigenvalue weighted by Gasteiger charge is -2.22. The fourth-order valence-electron chi connectivity index (χ4n) is 2.32. The lowest BCUT2D eigenvalue weighted by molar-refractivity contribution is -0.117. The maximum absolute atomic E-state index is 12.0. The normalized spacial score (nSPS) is 15.7. The first-order valence-electron chi connectivity index (χ1n) is 6.42. The molecule has 1 heterocycles. The van der Waals surface area contributed by atoms with Crippen molar-refractivity contribution in [2.75, 3.05) is 18.4 Å². The highest BCUT2D eigenvalue weighted by atomic mass is 35.5. The molecule has 1 aliphatic heterocycles. The van der Waals surface area contributed by atoms with Crippen LogP contribution < -0.4 is 10.6 Å². The molecular formula is C14H20Cl2N2O. The number of rotatable bonds is 3.